The van der Waals surface area contributed by atoms with Gasteiger partial charge in [-0.3, -0.25) is 4.79 Å². The quantitative estimate of drug-likeness (QED) is 0.798. The van der Waals surface area contributed by atoms with Crippen molar-refractivity contribution in [3.8, 4) is 11.5 Å². The summed E-state index contributed by atoms with van der Waals surface area (Å²) >= 11 is 0. The van der Waals surface area contributed by atoms with E-state index in [4.69, 9.17) is 4.74 Å². The molecule has 0 fully saturated rings. The van der Waals surface area contributed by atoms with E-state index in [-0.39, 0.29) is 18.0 Å². The van der Waals surface area contributed by atoms with Crippen LogP contribution in [-0.2, 0) is 11.2 Å². The smallest absolute Gasteiger partial charge is 0.164 e. The van der Waals surface area contributed by atoms with E-state index in [0.29, 0.717) is 5.75 Å². The average molecular weight is 194 g/mol. The van der Waals surface area contributed by atoms with Crippen LogP contribution >= 0.6 is 0 Å². The number of benzene rings is 1. The molecule has 14 heavy (non-hydrogen) atoms. The number of methoxy groups -OCH3 is 1. The molecule has 0 bridgehead atoms. The second kappa shape index (κ2) is 4.13. The SMILES string of the molecule is COc1c(CC(C)=O)ccc(C)c1O. The summed E-state index contributed by atoms with van der Waals surface area (Å²) in [5, 5.41) is 9.65. The highest BCUT2D eigenvalue weighted by Gasteiger charge is 2.11. The molecule has 0 heterocycles. The van der Waals surface area contributed by atoms with Crippen LogP contribution in [0.2, 0.25) is 0 Å². The zero-order valence-corrected chi connectivity index (χ0v) is 8.63. The van der Waals surface area contributed by atoms with Crippen molar-refractivity contribution in [3.63, 3.8) is 0 Å². The van der Waals surface area contributed by atoms with Crippen molar-refractivity contribution in [2.45, 2.75) is 20.3 Å². The van der Waals surface area contributed by atoms with Gasteiger partial charge in [-0.25, -0.2) is 0 Å². The Hall–Kier alpha value is -1.51. The highest BCUT2D eigenvalue weighted by Crippen LogP contribution is 2.33. The molecule has 0 aliphatic rings. The molecular formula is C11H14O3. The number of aromatic hydroxyl groups is 1. The number of phenols is 1. The number of phenolic OH excluding ortho intramolecular Hbond substituents is 1. The van der Waals surface area contributed by atoms with Gasteiger partial charge >= 0.3 is 0 Å². The van der Waals surface area contributed by atoms with E-state index in [2.05, 4.69) is 0 Å². The number of aryl methyl sites for hydroxylation is 1. The molecule has 3 heteroatoms. The van der Waals surface area contributed by atoms with Gasteiger partial charge in [-0.15, -0.1) is 0 Å². The van der Waals surface area contributed by atoms with Gasteiger partial charge in [0.25, 0.3) is 0 Å². The summed E-state index contributed by atoms with van der Waals surface area (Å²) in [6.07, 6.45) is 0.289. The van der Waals surface area contributed by atoms with E-state index in [9.17, 15) is 9.90 Å². The number of carbonyl (C=O) groups excluding carboxylic acids is 1. The first-order valence-corrected chi connectivity index (χ1v) is 4.41. The Labute approximate surface area is 83.3 Å². The number of ether oxygens (including phenoxy) is 1. The van der Waals surface area contributed by atoms with Crippen LogP contribution in [0.15, 0.2) is 12.1 Å². The fourth-order valence-electron chi connectivity index (χ4n) is 1.35. The Morgan fingerprint density at radius 1 is 1.50 bits per heavy atom. The van der Waals surface area contributed by atoms with Gasteiger partial charge in [-0.2, -0.15) is 0 Å². The van der Waals surface area contributed by atoms with Gasteiger partial charge in [0.1, 0.15) is 5.78 Å². The topological polar surface area (TPSA) is 46.5 Å². The van der Waals surface area contributed by atoms with Gasteiger partial charge in [0.15, 0.2) is 11.5 Å². The summed E-state index contributed by atoms with van der Waals surface area (Å²) in [7, 11) is 1.48. The second-order valence-corrected chi connectivity index (χ2v) is 3.30. The number of carbonyl (C=O) groups is 1. The normalized spacial score (nSPS) is 9.93. The largest absolute Gasteiger partial charge is 0.504 e. The summed E-state index contributed by atoms with van der Waals surface area (Å²) < 4.78 is 5.06. The zero-order chi connectivity index (χ0) is 10.7. The summed E-state index contributed by atoms with van der Waals surface area (Å²) in [4.78, 5) is 10.9. The van der Waals surface area contributed by atoms with E-state index in [1.807, 2.05) is 0 Å². The predicted octanol–water partition coefficient (Wildman–Crippen LogP) is 1.84. The third-order valence-corrected chi connectivity index (χ3v) is 2.06. The molecule has 0 spiro atoms. The molecule has 0 aliphatic carbocycles. The van der Waals surface area contributed by atoms with Crippen molar-refractivity contribution in [3.05, 3.63) is 23.3 Å². The van der Waals surface area contributed by atoms with Gasteiger partial charge in [0, 0.05) is 12.0 Å². The molecule has 0 amide bonds. The van der Waals surface area contributed by atoms with Crippen molar-refractivity contribution in [1.29, 1.82) is 0 Å². The number of hydrogen-bond acceptors (Lipinski definition) is 3. The fraction of sp³-hybridized carbons (Fsp3) is 0.364. The summed E-state index contributed by atoms with van der Waals surface area (Å²) in [5.41, 5.74) is 1.47. The molecule has 1 aromatic rings. The zero-order valence-electron chi connectivity index (χ0n) is 8.63. The number of hydrogen-bond donors (Lipinski definition) is 1. The Morgan fingerprint density at radius 2 is 2.14 bits per heavy atom. The van der Waals surface area contributed by atoms with E-state index in [1.165, 1.54) is 14.0 Å². The lowest BCUT2D eigenvalue weighted by atomic mass is 10.1. The molecule has 1 rings (SSSR count). The van der Waals surface area contributed by atoms with Crippen LogP contribution in [0.25, 0.3) is 0 Å². The minimum Gasteiger partial charge on any atom is -0.504 e. The number of Topliss-reactive ketones (excluding diaryl/α,β-unsaturated/α-hetero) is 1. The van der Waals surface area contributed by atoms with Crippen LogP contribution in [-0.4, -0.2) is 18.0 Å². The Morgan fingerprint density at radius 3 is 2.64 bits per heavy atom. The van der Waals surface area contributed by atoms with Crippen molar-refractivity contribution < 1.29 is 14.6 Å². The Kier molecular flexibility index (Phi) is 3.12. The molecule has 1 aromatic carbocycles. The van der Waals surface area contributed by atoms with Crippen LogP contribution in [0.3, 0.4) is 0 Å². The number of rotatable bonds is 3. The van der Waals surface area contributed by atoms with Crippen molar-refractivity contribution >= 4 is 5.78 Å². The summed E-state index contributed by atoms with van der Waals surface area (Å²) in [6.45, 7) is 3.30. The van der Waals surface area contributed by atoms with E-state index < -0.39 is 0 Å². The maximum Gasteiger partial charge on any atom is 0.164 e. The van der Waals surface area contributed by atoms with Crippen molar-refractivity contribution in [2.24, 2.45) is 0 Å². The molecule has 0 saturated carbocycles. The summed E-state index contributed by atoms with van der Waals surface area (Å²) in [5.74, 6) is 0.568. The van der Waals surface area contributed by atoms with Crippen LogP contribution in [0.4, 0.5) is 0 Å². The monoisotopic (exact) mass is 194 g/mol. The Balaban J connectivity index is 3.17. The molecule has 0 saturated heterocycles. The molecule has 0 atom stereocenters. The van der Waals surface area contributed by atoms with E-state index >= 15 is 0 Å². The van der Waals surface area contributed by atoms with Gasteiger partial charge in [0.05, 0.1) is 7.11 Å². The van der Waals surface area contributed by atoms with Crippen molar-refractivity contribution in [1.82, 2.24) is 0 Å². The van der Waals surface area contributed by atoms with E-state index in [0.717, 1.165) is 11.1 Å². The van der Waals surface area contributed by atoms with Gasteiger partial charge in [0.2, 0.25) is 0 Å². The van der Waals surface area contributed by atoms with Crippen LogP contribution in [0.1, 0.15) is 18.1 Å². The first-order valence-electron chi connectivity index (χ1n) is 4.41. The molecule has 0 radical (unpaired) electrons. The fourth-order valence-corrected chi connectivity index (χ4v) is 1.35. The first-order chi connectivity index (χ1) is 6.56. The average Bonchev–Trinajstić information content (AvgIpc) is 2.11. The minimum absolute atomic E-state index is 0.0477. The minimum atomic E-state index is 0.0477. The molecule has 0 aromatic heterocycles. The molecular weight excluding hydrogens is 180 g/mol. The molecule has 0 unspecified atom stereocenters. The molecule has 1 N–H and O–H groups in total. The van der Waals surface area contributed by atoms with Gasteiger partial charge < -0.3 is 9.84 Å². The summed E-state index contributed by atoms with van der Waals surface area (Å²) in [6, 6.07) is 3.57. The second-order valence-electron chi connectivity index (χ2n) is 3.30. The first kappa shape index (κ1) is 10.6. The molecule has 0 aliphatic heterocycles. The standard InChI is InChI=1S/C11H14O3/c1-7-4-5-9(6-8(2)12)11(14-3)10(7)13/h4-5,13H,6H2,1-3H3. The number of ketones is 1. The van der Waals surface area contributed by atoms with E-state index in [1.54, 1.807) is 19.1 Å². The predicted molar refractivity (Wildman–Crippen MR) is 53.8 cm³/mol. The highest BCUT2D eigenvalue weighted by atomic mass is 16.5. The Bertz CT molecular complexity index is 356. The van der Waals surface area contributed by atoms with Gasteiger partial charge in [-0.05, 0) is 19.4 Å². The maximum absolute atomic E-state index is 10.9. The third kappa shape index (κ3) is 2.05. The van der Waals surface area contributed by atoms with Gasteiger partial charge in [-0.1, -0.05) is 12.1 Å². The van der Waals surface area contributed by atoms with Crippen LogP contribution in [0, 0.1) is 6.92 Å². The van der Waals surface area contributed by atoms with Crippen LogP contribution < -0.4 is 4.74 Å². The maximum atomic E-state index is 10.9. The van der Waals surface area contributed by atoms with Crippen molar-refractivity contribution in [2.75, 3.05) is 7.11 Å². The lowest BCUT2D eigenvalue weighted by Crippen LogP contribution is -2.00. The molecule has 3 nitrogen and oxygen atoms in total. The molecule has 76 valence electrons. The lowest BCUT2D eigenvalue weighted by Gasteiger charge is -2.10. The third-order valence-electron chi connectivity index (χ3n) is 2.06. The van der Waals surface area contributed by atoms with Crippen LogP contribution in [0.5, 0.6) is 11.5 Å². The highest BCUT2D eigenvalue weighted by molar-refractivity contribution is 5.79. The lowest BCUT2D eigenvalue weighted by molar-refractivity contribution is -0.116.